The summed E-state index contributed by atoms with van der Waals surface area (Å²) in [6.07, 6.45) is 0. The van der Waals surface area contributed by atoms with Gasteiger partial charge in [0.25, 0.3) is 0 Å². The van der Waals surface area contributed by atoms with E-state index in [0.29, 0.717) is 0 Å². The Morgan fingerprint density at radius 3 is 0.750 bits per heavy atom. The van der Waals surface area contributed by atoms with Crippen LogP contribution in [-0.4, -0.2) is 102 Å². The third-order valence-electron chi connectivity index (χ3n) is 6.67. The highest BCUT2D eigenvalue weighted by molar-refractivity contribution is 7.86. The number of quaternary nitrogens is 1. The fourth-order valence-corrected chi connectivity index (χ4v) is 3.58. The maximum Gasteiger partial charge on any atom is 0.402 e. The van der Waals surface area contributed by atoms with Crippen LogP contribution in [-0.2, 0) is 10.1 Å². The minimum Gasteiger partial charge on any atom is -0.743 e. The lowest BCUT2D eigenvalue weighted by atomic mass is 9.86. The summed E-state index contributed by atoms with van der Waals surface area (Å²) < 4.78 is 293. The van der Waals surface area contributed by atoms with Gasteiger partial charge in [-0.25, -0.2) is 8.42 Å². The molecule has 0 aromatic heterocycles. The van der Waals surface area contributed by atoms with Gasteiger partial charge in [0.2, 0.25) is 0 Å². The zero-order valence-corrected chi connectivity index (χ0v) is 23.3. The average Bonchev–Trinajstić information content (AvgIpc) is 2.83. The molecule has 0 unspecified atom stereocenters. The maximum atomic E-state index is 13.4. The van der Waals surface area contributed by atoms with Gasteiger partial charge in [0, 0.05) is 6.92 Å². The highest BCUT2D eigenvalue weighted by Crippen LogP contribution is 2.66. The van der Waals surface area contributed by atoms with Crippen LogP contribution in [0.2, 0.25) is 0 Å². The summed E-state index contributed by atoms with van der Waals surface area (Å²) in [6, 6.07) is 0. The highest BCUT2D eigenvalue weighted by Gasteiger charge is 2.97. The Labute approximate surface area is 235 Å². The molecule has 25 heteroatoms. The third-order valence-corrected chi connectivity index (χ3v) is 7.56. The number of hydrogen-bond donors (Lipinski definition) is 0. The lowest BCUT2D eigenvalue weighted by molar-refractivity contribution is -0.921. The van der Waals surface area contributed by atoms with Crippen molar-refractivity contribution in [1.29, 1.82) is 0 Å². The van der Waals surface area contributed by atoms with Gasteiger partial charge in [-0.2, -0.15) is 87.8 Å². The quantitative estimate of drug-likeness (QED) is 0.105. The van der Waals surface area contributed by atoms with Gasteiger partial charge < -0.3 is 9.04 Å². The molecule has 0 saturated carbocycles. The normalized spacial score (nSPS) is 16.0. The van der Waals surface area contributed by atoms with Crippen molar-refractivity contribution in [2.24, 2.45) is 0 Å². The smallest absolute Gasteiger partial charge is 0.402 e. The van der Waals surface area contributed by atoms with E-state index in [-0.39, 0.29) is 0 Å². The molecule has 0 amide bonds. The molecule has 0 radical (unpaired) electrons. The predicted octanol–water partition coefficient (Wildman–Crippen LogP) is 7.74. The topological polar surface area (TPSA) is 57.2 Å². The average molecular weight is 725 g/mol. The van der Waals surface area contributed by atoms with Crippen molar-refractivity contribution in [2.75, 3.05) is 26.2 Å². The van der Waals surface area contributed by atoms with Gasteiger partial charge in [-0.3, -0.25) is 0 Å². The summed E-state index contributed by atoms with van der Waals surface area (Å²) in [5, 5.41) is -8.12. The van der Waals surface area contributed by atoms with Crippen molar-refractivity contribution in [3.63, 3.8) is 0 Å². The van der Waals surface area contributed by atoms with Crippen LogP contribution in [0.4, 0.5) is 87.8 Å². The van der Waals surface area contributed by atoms with Gasteiger partial charge >= 0.3 is 58.6 Å². The minimum atomic E-state index is -9.28. The first-order valence-corrected chi connectivity index (χ1v) is 12.7. The zero-order chi connectivity index (χ0) is 36.8. The molecule has 0 saturated heterocycles. The monoisotopic (exact) mass is 725 g/mol. The van der Waals surface area contributed by atoms with Gasteiger partial charge in [0.05, 0.1) is 26.2 Å². The Bertz CT molecular complexity index is 1060. The Hall–Kier alpha value is -1.53. The molecule has 0 bridgehead atoms. The van der Waals surface area contributed by atoms with E-state index in [9.17, 15) is 101 Å². The Morgan fingerprint density at radius 1 is 0.432 bits per heavy atom. The van der Waals surface area contributed by atoms with Crippen LogP contribution < -0.4 is 0 Å². The SMILES string of the molecule is CC(F)(F)C(F)(F)C(F)(F)C(F)(F)C(F)(F)C(F)(F)C(F)(F)C(F)(F)C(F)(F)C(F)(F)S(=O)(=O)[O-].CC[N+](CC)(CC)CC. The van der Waals surface area contributed by atoms with E-state index in [0.717, 1.165) is 0 Å². The molecule has 0 atom stereocenters. The van der Waals surface area contributed by atoms with E-state index in [2.05, 4.69) is 27.7 Å². The fraction of sp³-hybridized carbons (Fsp3) is 1.00. The predicted molar refractivity (Wildman–Crippen MR) is 107 cm³/mol. The summed E-state index contributed by atoms with van der Waals surface area (Å²) >= 11 is 0. The van der Waals surface area contributed by atoms with Crippen molar-refractivity contribution in [1.82, 2.24) is 0 Å². The molecule has 268 valence electrons. The summed E-state index contributed by atoms with van der Waals surface area (Å²) in [5.74, 6) is -77.6. The number of halogens is 20. The maximum absolute atomic E-state index is 13.4. The Balaban J connectivity index is 0. The van der Waals surface area contributed by atoms with E-state index < -0.39 is 75.6 Å². The molecule has 44 heavy (non-hydrogen) atoms. The first kappa shape index (κ1) is 44.6. The summed E-state index contributed by atoms with van der Waals surface area (Å²) in [7, 11) is -8.30. The molecule has 0 aliphatic rings. The molecule has 0 aromatic carbocycles. The van der Waals surface area contributed by atoms with Gasteiger partial charge in [0.1, 0.15) is 0 Å². The molecule has 0 spiro atoms. The van der Waals surface area contributed by atoms with Gasteiger partial charge in [-0.15, -0.1) is 0 Å². The molecule has 0 N–H and O–H groups in total. The van der Waals surface area contributed by atoms with E-state index >= 15 is 0 Å². The lowest BCUT2D eigenvalue weighted by Crippen LogP contribution is -2.77. The van der Waals surface area contributed by atoms with Crippen molar-refractivity contribution in [3.8, 4) is 0 Å². The van der Waals surface area contributed by atoms with Crippen LogP contribution in [0, 0.1) is 0 Å². The number of hydrogen-bond acceptors (Lipinski definition) is 3. The van der Waals surface area contributed by atoms with Crippen LogP contribution in [0.3, 0.4) is 0 Å². The van der Waals surface area contributed by atoms with E-state index in [1.165, 1.54) is 30.7 Å². The molecule has 0 heterocycles. The highest BCUT2D eigenvalue weighted by atomic mass is 32.2. The second-order valence-corrected chi connectivity index (χ2v) is 10.5. The fourth-order valence-electron chi connectivity index (χ4n) is 3.14. The summed E-state index contributed by atoms with van der Waals surface area (Å²) in [5.41, 5.74) is 0. The summed E-state index contributed by atoms with van der Waals surface area (Å²) in [6.45, 7) is 12.8. The van der Waals surface area contributed by atoms with Crippen molar-refractivity contribution >= 4 is 10.1 Å². The molecule has 0 rings (SSSR count). The van der Waals surface area contributed by atoms with Crippen molar-refractivity contribution in [3.05, 3.63) is 0 Å². The second kappa shape index (κ2) is 12.2. The molecule has 0 aliphatic heterocycles. The van der Waals surface area contributed by atoms with Crippen LogP contribution in [0.15, 0.2) is 0 Å². The van der Waals surface area contributed by atoms with Gasteiger partial charge in [0.15, 0.2) is 10.1 Å². The van der Waals surface area contributed by atoms with Crippen LogP contribution >= 0.6 is 0 Å². The van der Waals surface area contributed by atoms with E-state index in [4.69, 9.17) is 0 Å². The van der Waals surface area contributed by atoms with Crippen LogP contribution in [0.1, 0.15) is 34.6 Å². The molecular weight excluding hydrogens is 702 g/mol. The van der Waals surface area contributed by atoms with Crippen LogP contribution in [0.25, 0.3) is 0 Å². The first-order valence-electron chi connectivity index (χ1n) is 11.3. The van der Waals surface area contributed by atoms with Gasteiger partial charge in [-0.1, -0.05) is 0 Å². The Kier molecular flexibility index (Phi) is 12.4. The number of nitrogens with zero attached hydrogens (tertiary/aromatic N) is 1. The molecule has 0 fully saturated rings. The van der Waals surface area contributed by atoms with Gasteiger partial charge in [-0.05, 0) is 27.7 Å². The van der Waals surface area contributed by atoms with E-state index in [1.54, 1.807) is 0 Å². The number of alkyl halides is 20. The van der Waals surface area contributed by atoms with Crippen molar-refractivity contribution < 1.29 is 105 Å². The third kappa shape index (κ3) is 6.25. The number of rotatable bonds is 14. The van der Waals surface area contributed by atoms with Crippen molar-refractivity contribution in [2.45, 2.75) is 93.2 Å². The lowest BCUT2D eigenvalue weighted by Gasteiger charge is -2.45. The minimum absolute atomic E-state index is 1.28. The first-order chi connectivity index (χ1) is 18.7. The molecule has 0 aliphatic carbocycles. The molecular formula is C19H23F20NO3S. The second-order valence-electron chi connectivity index (χ2n) is 9.06. The standard InChI is InChI=1S/C11H4F20O3S.C8H20N/c1-2(12,13)3(14,15)4(16,17)5(18,19)6(20,21)7(22,23)8(24,25)9(26,27)10(28,29)11(30,31)35(32,33)34;1-5-9(6-2,7-3)8-4/h1H3,(H,32,33,34);5-8H2,1-4H3/q;+1/p-1. The largest absolute Gasteiger partial charge is 0.743 e. The van der Waals surface area contributed by atoms with Crippen LogP contribution in [0.5, 0.6) is 0 Å². The zero-order valence-electron chi connectivity index (χ0n) is 22.5. The Morgan fingerprint density at radius 2 is 0.614 bits per heavy atom. The molecule has 0 aromatic rings. The molecule has 4 nitrogen and oxygen atoms in total. The van der Waals surface area contributed by atoms with E-state index in [1.807, 2.05) is 0 Å². The summed E-state index contributed by atoms with van der Waals surface area (Å²) in [4.78, 5) is 0.